The maximum absolute atomic E-state index is 11.0. The number of nitrogens with zero attached hydrogens (tertiary/aromatic N) is 1. The van der Waals surface area contributed by atoms with E-state index in [4.69, 9.17) is 5.11 Å². The molecule has 4 heteroatoms. The number of hydrogen-bond donors (Lipinski definition) is 2. The zero-order chi connectivity index (χ0) is 15.1. The highest BCUT2D eigenvalue weighted by Crippen LogP contribution is 2.19. The van der Waals surface area contributed by atoms with Crippen LogP contribution in [0.1, 0.15) is 68.1 Å². The van der Waals surface area contributed by atoms with Gasteiger partial charge in [-0.05, 0) is 24.5 Å². The minimum atomic E-state index is -1.01. The van der Waals surface area contributed by atoms with Crippen molar-refractivity contribution in [1.29, 1.82) is 0 Å². The first-order valence-electron chi connectivity index (χ1n) is 7.93. The van der Waals surface area contributed by atoms with Crippen LogP contribution in [0.3, 0.4) is 0 Å². The van der Waals surface area contributed by atoms with Gasteiger partial charge in [-0.2, -0.15) is 0 Å². The van der Waals surface area contributed by atoms with E-state index in [1.807, 2.05) is 18.2 Å². The third kappa shape index (κ3) is 4.31. The van der Waals surface area contributed by atoms with E-state index in [0.717, 1.165) is 29.4 Å². The van der Waals surface area contributed by atoms with Crippen LogP contribution in [0.25, 0.3) is 11.0 Å². The van der Waals surface area contributed by atoms with E-state index in [2.05, 4.69) is 16.9 Å². The minimum Gasteiger partial charge on any atom is -0.475 e. The molecule has 0 aliphatic heterocycles. The largest absolute Gasteiger partial charge is 0.475 e. The van der Waals surface area contributed by atoms with Gasteiger partial charge in [-0.15, -0.1) is 0 Å². The van der Waals surface area contributed by atoms with Crippen molar-refractivity contribution in [3.8, 4) is 0 Å². The number of benzene rings is 1. The molecule has 4 nitrogen and oxygen atoms in total. The predicted molar refractivity (Wildman–Crippen MR) is 84.8 cm³/mol. The van der Waals surface area contributed by atoms with E-state index in [0.29, 0.717) is 0 Å². The molecule has 0 spiro atoms. The third-order valence-electron chi connectivity index (χ3n) is 3.85. The van der Waals surface area contributed by atoms with Crippen LogP contribution in [0.4, 0.5) is 0 Å². The standard InChI is InChI=1S/C17H24N2O2/c1-2-3-4-5-6-7-8-10-13-11-9-12-14-15(13)19-16(18-14)17(20)21/h9,11-12H,2-8,10H2,1H3,(H,18,19)(H,20,21). The van der Waals surface area contributed by atoms with Crippen molar-refractivity contribution >= 4 is 17.0 Å². The van der Waals surface area contributed by atoms with Crippen LogP contribution in [0.2, 0.25) is 0 Å². The zero-order valence-electron chi connectivity index (χ0n) is 12.7. The fourth-order valence-electron chi connectivity index (χ4n) is 2.67. The number of carboxylic acids is 1. The zero-order valence-corrected chi connectivity index (χ0v) is 12.7. The van der Waals surface area contributed by atoms with Crippen LogP contribution in [-0.2, 0) is 6.42 Å². The Morgan fingerprint density at radius 1 is 1.14 bits per heavy atom. The highest BCUT2D eigenvalue weighted by molar-refractivity contribution is 5.89. The average molecular weight is 288 g/mol. The number of imidazole rings is 1. The van der Waals surface area contributed by atoms with Crippen LogP contribution in [0.15, 0.2) is 18.2 Å². The number of aryl methyl sites for hydroxylation is 1. The second-order valence-corrected chi connectivity index (χ2v) is 5.58. The lowest BCUT2D eigenvalue weighted by molar-refractivity contribution is 0.0685. The smallest absolute Gasteiger partial charge is 0.371 e. The molecule has 2 aromatic rings. The van der Waals surface area contributed by atoms with Gasteiger partial charge in [0, 0.05) is 0 Å². The number of unbranched alkanes of at least 4 members (excludes halogenated alkanes) is 6. The Labute approximate surface area is 125 Å². The molecule has 1 heterocycles. The van der Waals surface area contributed by atoms with Gasteiger partial charge in [0.15, 0.2) is 0 Å². The Kier molecular flexibility index (Phi) is 5.78. The number of rotatable bonds is 9. The number of fused-ring (bicyclic) bond motifs is 1. The first-order chi connectivity index (χ1) is 10.2. The lowest BCUT2D eigenvalue weighted by Gasteiger charge is -2.03. The lowest BCUT2D eigenvalue weighted by atomic mass is 10.0. The van der Waals surface area contributed by atoms with Gasteiger partial charge in [0.1, 0.15) is 0 Å². The molecule has 114 valence electrons. The summed E-state index contributed by atoms with van der Waals surface area (Å²) in [6.07, 6.45) is 9.91. The van der Waals surface area contributed by atoms with Crippen molar-refractivity contribution in [1.82, 2.24) is 9.97 Å². The summed E-state index contributed by atoms with van der Waals surface area (Å²) in [7, 11) is 0. The number of aromatic carboxylic acids is 1. The summed E-state index contributed by atoms with van der Waals surface area (Å²) in [6.45, 7) is 2.23. The van der Waals surface area contributed by atoms with E-state index in [1.54, 1.807) is 0 Å². The Morgan fingerprint density at radius 3 is 2.57 bits per heavy atom. The summed E-state index contributed by atoms with van der Waals surface area (Å²) in [5, 5.41) is 9.00. The number of carboxylic acid groups (broad SMARTS) is 1. The first kappa shape index (κ1) is 15.5. The Bertz CT molecular complexity index is 589. The molecule has 0 atom stereocenters. The van der Waals surface area contributed by atoms with Gasteiger partial charge in [0.25, 0.3) is 0 Å². The summed E-state index contributed by atoms with van der Waals surface area (Å²) in [4.78, 5) is 18.0. The van der Waals surface area contributed by atoms with Crippen molar-refractivity contribution in [3.05, 3.63) is 29.6 Å². The van der Waals surface area contributed by atoms with Gasteiger partial charge in [-0.25, -0.2) is 9.78 Å². The number of nitrogens with one attached hydrogen (secondary N) is 1. The topological polar surface area (TPSA) is 66.0 Å². The van der Waals surface area contributed by atoms with E-state index in [9.17, 15) is 4.79 Å². The molecular formula is C17H24N2O2. The van der Waals surface area contributed by atoms with Gasteiger partial charge in [-0.1, -0.05) is 57.6 Å². The molecule has 21 heavy (non-hydrogen) atoms. The highest BCUT2D eigenvalue weighted by atomic mass is 16.4. The van der Waals surface area contributed by atoms with Crippen LogP contribution < -0.4 is 0 Å². The molecule has 2 N–H and O–H groups in total. The van der Waals surface area contributed by atoms with Crippen molar-refractivity contribution in [2.75, 3.05) is 0 Å². The maximum Gasteiger partial charge on any atom is 0.371 e. The molecule has 0 aliphatic carbocycles. The molecular weight excluding hydrogens is 264 g/mol. The second kappa shape index (κ2) is 7.81. The first-order valence-corrected chi connectivity index (χ1v) is 7.93. The fourth-order valence-corrected chi connectivity index (χ4v) is 2.67. The normalized spacial score (nSPS) is 11.1. The molecule has 0 bridgehead atoms. The monoisotopic (exact) mass is 288 g/mol. The maximum atomic E-state index is 11.0. The van der Waals surface area contributed by atoms with Crippen molar-refractivity contribution in [2.45, 2.75) is 58.3 Å². The summed E-state index contributed by atoms with van der Waals surface area (Å²) in [6, 6.07) is 5.89. The van der Waals surface area contributed by atoms with Gasteiger partial charge in [0.05, 0.1) is 11.0 Å². The van der Waals surface area contributed by atoms with Crippen LogP contribution in [0, 0.1) is 0 Å². The highest BCUT2D eigenvalue weighted by Gasteiger charge is 2.11. The van der Waals surface area contributed by atoms with Gasteiger partial charge in [0.2, 0.25) is 5.82 Å². The summed E-state index contributed by atoms with van der Waals surface area (Å²) < 4.78 is 0. The molecule has 0 saturated heterocycles. The SMILES string of the molecule is CCCCCCCCCc1cccc2[nH]c(C(=O)O)nc12. The van der Waals surface area contributed by atoms with Crippen molar-refractivity contribution in [3.63, 3.8) is 0 Å². The van der Waals surface area contributed by atoms with Gasteiger partial charge < -0.3 is 10.1 Å². The second-order valence-electron chi connectivity index (χ2n) is 5.58. The molecule has 1 aromatic heterocycles. The molecule has 0 aliphatic rings. The molecule has 2 rings (SSSR count). The molecule has 1 aromatic carbocycles. The van der Waals surface area contributed by atoms with Crippen LogP contribution >= 0.6 is 0 Å². The quantitative estimate of drug-likeness (QED) is 0.665. The summed E-state index contributed by atoms with van der Waals surface area (Å²) in [5.41, 5.74) is 2.76. The molecule has 0 amide bonds. The molecule has 0 saturated carbocycles. The lowest BCUT2D eigenvalue weighted by Crippen LogP contribution is -1.98. The van der Waals surface area contributed by atoms with Gasteiger partial charge >= 0.3 is 5.97 Å². The van der Waals surface area contributed by atoms with E-state index in [-0.39, 0.29) is 5.82 Å². The van der Waals surface area contributed by atoms with E-state index in [1.165, 1.54) is 38.5 Å². The number of aromatic amines is 1. The fraction of sp³-hybridized carbons (Fsp3) is 0.529. The average Bonchev–Trinajstić information content (AvgIpc) is 2.91. The number of hydrogen-bond acceptors (Lipinski definition) is 2. The van der Waals surface area contributed by atoms with E-state index < -0.39 is 5.97 Å². The van der Waals surface area contributed by atoms with E-state index >= 15 is 0 Å². The van der Waals surface area contributed by atoms with Crippen LogP contribution in [-0.4, -0.2) is 21.0 Å². The number of aromatic nitrogens is 2. The van der Waals surface area contributed by atoms with Crippen LogP contribution in [0.5, 0.6) is 0 Å². The molecule has 0 fully saturated rings. The minimum absolute atomic E-state index is 0.0250. The number of carbonyl (C=O) groups is 1. The Hall–Kier alpha value is -1.84. The Balaban J connectivity index is 1.88. The van der Waals surface area contributed by atoms with Crippen molar-refractivity contribution in [2.24, 2.45) is 0 Å². The molecule has 0 radical (unpaired) electrons. The third-order valence-corrected chi connectivity index (χ3v) is 3.85. The summed E-state index contributed by atoms with van der Waals surface area (Å²) in [5.74, 6) is -0.981. The van der Waals surface area contributed by atoms with Crippen molar-refractivity contribution < 1.29 is 9.90 Å². The Morgan fingerprint density at radius 2 is 1.86 bits per heavy atom. The number of para-hydroxylation sites is 1. The van der Waals surface area contributed by atoms with Gasteiger partial charge in [-0.3, -0.25) is 0 Å². The number of H-pyrrole nitrogens is 1. The summed E-state index contributed by atoms with van der Waals surface area (Å²) >= 11 is 0. The molecule has 0 unspecified atom stereocenters. The predicted octanol–water partition coefficient (Wildman–Crippen LogP) is 4.55.